The molecule has 0 fully saturated rings. The lowest BCUT2D eigenvalue weighted by Gasteiger charge is -2.23. The van der Waals surface area contributed by atoms with Crippen molar-refractivity contribution < 1.29 is 13.3 Å². The fourth-order valence-electron chi connectivity index (χ4n) is 2.34. The van der Waals surface area contributed by atoms with Gasteiger partial charge in [0.2, 0.25) is 0 Å². The highest BCUT2D eigenvalue weighted by Crippen LogP contribution is 2.27. The molecule has 0 aliphatic heterocycles. The molecule has 0 saturated carbocycles. The van der Waals surface area contributed by atoms with Gasteiger partial charge in [-0.2, -0.15) is 4.98 Å². The van der Waals surface area contributed by atoms with E-state index in [1.807, 2.05) is 30.3 Å². The number of hydrogen-bond acceptors (Lipinski definition) is 5. The molecule has 7 heteroatoms. The predicted octanol–water partition coefficient (Wildman–Crippen LogP) is 3.20. The van der Waals surface area contributed by atoms with Crippen LogP contribution in [-0.2, 0) is 6.54 Å². The Bertz CT molecular complexity index is 761. The number of halogens is 2. The standard InChI is InChI=1S/C15H14F2N4O/c1-10-13-14(18-9-19-15(13)22-20-10)21(8-12(16)17)7-11-5-3-2-4-6-11/h2-6,9,12H,7-8H2,1H3. The lowest BCUT2D eigenvalue weighted by molar-refractivity contribution is 0.154. The van der Waals surface area contributed by atoms with Crippen LogP contribution in [0.15, 0.2) is 41.2 Å². The van der Waals surface area contributed by atoms with E-state index >= 15 is 0 Å². The number of alkyl halides is 2. The first-order valence-corrected chi connectivity index (χ1v) is 6.79. The summed E-state index contributed by atoms with van der Waals surface area (Å²) in [6.45, 7) is 1.63. The molecule has 0 aliphatic rings. The second-order valence-corrected chi connectivity index (χ2v) is 4.90. The monoisotopic (exact) mass is 304 g/mol. The van der Waals surface area contributed by atoms with Gasteiger partial charge in [0.05, 0.1) is 12.2 Å². The molecule has 114 valence electrons. The van der Waals surface area contributed by atoms with Crippen molar-refractivity contribution in [1.29, 1.82) is 0 Å². The number of anilines is 1. The molecule has 3 rings (SSSR count). The summed E-state index contributed by atoms with van der Waals surface area (Å²) in [6, 6.07) is 9.40. The third-order valence-corrected chi connectivity index (χ3v) is 3.30. The Kier molecular flexibility index (Phi) is 3.95. The molecule has 0 bridgehead atoms. The first kappa shape index (κ1) is 14.4. The van der Waals surface area contributed by atoms with Crippen LogP contribution in [0.2, 0.25) is 0 Å². The largest absolute Gasteiger partial charge is 0.346 e. The summed E-state index contributed by atoms with van der Waals surface area (Å²) in [5, 5.41) is 4.40. The van der Waals surface area contributed by atoms with Crippen LogP contribution in [0.3, 0.4) is 0 Å². The highest BCUT2D eigenvalue weighted by Gasteiger charge is 2.20. The molecule has 2 aromatic heterocycles. The predicted molar refractivity (Wildman–Crippen MR) is 77.8 cm³/mol. The Morgan fingerprint density at radius 1 is 1.18 bits per heavy atom. The zero-order chi connectivity index (χ0) is 15.5. The smallest absolute Gasteiger partial charge is 0.263 e. The number of aryl methyl sites for hydroxylation is 1. The van der Waals surface area contributed by atoms with Crippen molar-refractivity contribution >= 4 is 16.9 Å². The Balaban J connectivity index is 2.02. The molecule has 0 radical (unpaired) electrons. The average molecular weight is 304 g/mol. The number of aromatic nitrogens is 3. The molecule has 0 aliphatic carbocycles. The van der Waals surface area contributed by atoms with Gasteiger partial charge in [-0.15, -0.1) is 0 Å². The molecular formula is C15H14F2N4O. The molecule has 0 spiro atoms. The molecule has 0 atom stereocenters. The summed E-state index contributed by atoms with van der Waals surface area (Å²) in [5.41, 5.74) is 1.80. The van der Waals surface area contributed by atoms with Crippen molar-refractivity contribution in [2.24, 2.45) is 0 Å². The molecule has 0 saturated heterocycles. The zero-order valence-corrected chi connectivity index (χ0v) is 11.9. The number of fused-ring (bicyclic) bond motifs is 1. The van der Waals surface area contributed by atoms with Crippen molar-refractivity contribution in [3.05, 3.63) is 47.9 Å². The summed E-state index contributed by atoms with van der Waals surface area (Å²) in [4.78, 5) is 9.67. The lowest BCUT2D eigenvalue weighted by Crippen LogP contribution is -2.29. The maximum atomic E-state index is 13.0. The van der Waals surface area contributed by atoms with Crippen LogP contribution in [0.4, 0.5) is 14.6 Å². The summed E-state index contributed by atoms with van der Waals surface area (Å²) in [6.07, 6.45) is -1.18. The van der Waals surface area contributed by atoms with Crippen molar-refractivity contribution in [3.8, 4) is 0 Å². The topological polar surface area (TPSA) is 55.1 Å². The first-order valence-electron chi connectivity index (χ1n) is 6.79. The van der Waals surface area contributed by atoms with E-state index in [4.69, 9.17) is 4.52 Å². The number of nitrogens with zero attached hydrogens (tertiary/aromatic N) is 4. The van der Waals surface area contributed by atoms with E-state index in [0.29, 0.717) is 29.2 Å². The van der Waals surface area contributed by atoms with Gasteiger partial charge in [0.15, 0.2) is 0 Å². The molecule has 0 amide bonds. The van der Waals surface area contributed by atoms with Crippen molar-refractivity contribution in [2.45, 2.75) is 19.9 Å². The highest BCUT2D eigenvalue weighted by atomic mass is 19.3. The van der Waals surface area contributed by atoms with E-state index in [-0.39, 0.29) is 0 Å². The Hall–Kier alpha value is -2.57. The number of rotatable bonds is 5. The summed E-state index contributed by atoms with van der Waals surface area (Å²) >= 11 is 0. The van der Waals surface area contributed by atoms with Crippen molar-refractivity contribution in [3.63, 3.8) is 0 Å². The SMILES string of the molecule is Cc1noc2ncnc(N(Cc3ccccc3)CC(F)F)c12. The van der Waals surface area contributed by atoms with E-state index in [9.17, 15) is 8.78 Å². The van der Waals surface area contributed by atoms with Crippen LogP contribution in [0, 0.1) is 6.92 Å². The van der Waals surface area contributed by atoms with E-state index in [1.165, 1.54) is 11.2 Å². The Labute approximate surface area is 125 Å². The van der Waals surface area contributed by atoms with Gasteiger partial charge in [-0.25, -0.2) is 13.8 Å². The summed E-state index contributed by atoms with van der Waals surface area (Å²) < 4.78 is 31.0. The molecular weight excluding hydrogens is 290 g/mol. The molecule has 1 aromatic carbocycles. The van der Waals surface area contributed by atoms with Gasteiger partial charge in [-0.3, -0.25) is 0 Å². The van der Waals surface area contributed by atoms with E-state index < -0.39 is 13.0 Å². The fraction of sp³-hybridized carbons (Fsp3) is 0.267. The third kappa shape index (κ3) is 2.88. The van der Waals surface area contributed by atoms with Crippen molar-refractivity contribution in [1.82, 2.24) is 15.1 Å². The Morgan fingerprint density at radius 2 is 1.95 bits per heavy atom. The normalized spacial score (nSPS) is 11.3. The molecule has 22 heavy (non-hydrogen) atoms. The fourth-order valence-corrected chi connectivity index (χ4v) is 2.34. The van der Waals surface area contributed by atoms with Crippen molar-refractivity contribution in [2.75, 3.05) is 11.4 Å². The second kappa shape index (κ2) is 6.05. The van der Waals surface area contributed by atoms with E-state index in [2.05, 4.69) is 15.1 Å². The van der Waals surface area contributed by atoms with Crippen LogP contribution in [-0.4, -0.2) is 28.1 Å². The number of hydrogen-bond donors (Lipinski definition) is 0. The van der Waals surface area contributed by atoms with Gasteiger partial charge < -0.3 is 9.42 Å². The van der Waals surface area contributed by atoms with Gasteiger partial charge in [0.1, 0.15) is 17.5 Å². The van der Waals surface area contributed by atoms with Crippen LogP contribution < -0.4 is 4.90 Å². The van der Waals surface area contributed by atoms with Gasteiger partial charge in [0, 0.05) is 6.54 Å². The Morgan fingerprint density at radius 3 is 2.68 bits per heavy atom. The minimum absolute atomic E-state index is 0.301. The van der Waals surface area contributed by atoms with Crippen LogP contribution in [0.5, 0.6) is 0 Å². The summed E-state index contributed by atoms with van der Waals surface area (Å²) in [5.74, 6) is 0.410. The van der Waals surface area contributed by atoms with Gasteiger partial charge >= 0.3 is 0 Å². The van der Waals surface area contributed by atoms with E-state index in [0.717, 1.165) is 5.56 Å². The average Bonchev–Trinajstić information content (AvgIpc) is 2.89. The third-order valence-electron chi connectivity index (χ3n) is 3.30. The van der Waals surface area contributed by atoms with Gasteiger partial charge in [0.25, 0.3) is 12.1 Å². The maximum absolute atomic E-state index is 13.0. The molecule has 0 unspecified atom stereocenters. The van der Waals surface area contributed by atoms with Crippen LogP contribution >= 0.6 is 0 Å². The van der Waals surface area contributed by atoms with Gasteiger partial charge in [-0.1, -0.05) is 35.5 Å². The van der Waals surface area contributed by atoms with Gasteiger partial charge in [-0.05, 0) is 12.5 Å². The second-order valence-electron chi connectivity index (χ2n) is 4.90. The van der Waals surface area contributed by atoms with Crippen LogP contribution in [0.25, 0.3) is 11.1 Å². The minimum atomic E-state index is -2.48. The lowest BCUT2D eigenvalue weighted by atomic mass is 10.2. The zero-order valence-electron chi connectivity index (χ0n) is 11.9. The molecule has 5 nitrogen and oxygen atoms in total. The maximum Gasteiger partial charge on any atom is 0.263 e. The summed E-state index contributed by atoms with van der Waals surface area (Å²) in [7, 11) is 0. The minimum Gasteiger partial charge on any atom is -0.346 e. The first-order chi connectivity index (χ1) is 10.6. The molecule has 3 aromatic rings. The molecule has 2 heterocycles. The quantitative estimate of drug-likeness (QED) is 0.724. The highest BCUT2D eigenvalue weighted by molar-refractivity contribution is 5.87. The van der Waals surface area contributed by atoms with Crippen LogP contribution in [0.1, 0.15) is 11.3 Å². The molecule has 0 N–H and O–H groups in total. The van der Waals surface area contributed by atoms with E-state index in [1.54, 1.807) is 6.92 Å². The number of benzene rings is 1.